The molecule has 0 radical (unpaired) electrons. The summed E-state index contributed by atoms with van der Waals surface area (Å²) in [5.74, 6) is -1.68. The number of amides is 3. The Kier molecular flexibility index (Phi) is 6.30. The van der Waals surface area contributed by atoms with E-state index in [-0.39, 0.29) is 19.0 Å². The van der Waals surface area contributed by atoms with Crippen molar-refractivity contribution in [2.75, 3.05) is 17.5 Å². The third-order valence-corrected chi connectivity index (χ3v) is 5.90. The van der Waals surface area contributed by atoms with Crippen LogP contribution >= 0.6 is 15.9 Å². The van der Waals surface area contributed by atoms with Crippen LogP contribution in [0.2, 0.25) is 0 Å². The highest BCUT2D eigenvalue weighted by atomic mass is 79.9. The van der Waals surface area contributed by atoms with Crippen LogP contribution in [0.15, 0.2) is 71.2 Å². The predicted molar refractivity (Wildman–Crippen MR) is 133 cm³/mol. The molecule has 0 atom stereocenters. The Hall–Kier alpha value is -4.38. The van der Waals surface area contributed by atoms with Crippen LogP contribution in [-0.2, 0) is 16.1 Å². The molecule has 0 saturated carbocycles. The van der Waals surface area contributed by atoms with Crippen molar-refractivity contribution in [1.29, 1.82) is 0 Å². The Morgan fingerprint density at radius 2 is 1.69 bits per heavy atom. The topological polar surface area (TPSA) is 111 Å². The normalized spacial score (nSPS) is 11.8. The first kappa shape index (κ1) is 23.4. The van der Waals surface area contributed by atoms with Crippen molar-refractivity contribution in [3.05, 3.63) is 88.3 Å². The molecule has 182 valence electrons. The van der Waals surface area contributed by atoms with Crippen LogP contribution in [0.5, 0.6) is 11.5 Å². The quantitative estimate of drug-likeness (QED) is 0.325. The van der Waals surface area contributed by atoms with Gasteiger partial charge < -0.3 is 20.1 Å². The zero-order valence-corrected chi connectivity index (χ0v) is 20.1. The summed E-state index contributed by atoms with van der Waals surface area (Å²) in [4.78, 5) is 38.3. The van der Waals surface area contributed by atoms with Gasteiger partial charge in [-0.25, -0.2) is 9.07 Å². The third kappa shape index (κ3) is 4.86. The lowest BCUT2D eigenvalue weighted by Crippen LogP contribution is -2.39. The van der Waals surface area contributed by atoms with Crippen molar-refractivity contribution in [3.8, 4) is 11.5 Å². The maximum Gasteiger partial charge on any atom is 0.328 e. The third-order valence-electron chi connectivity index (χ3n) is 5.41. The van der Waals surface area contributed by atoms with E-state index < -0.39 is 23.5 Å². The summed E-state index contributed by atoms with van der Waals surface area (Å²) in [5, 5.41) is 5.86. The molecule has 3 amide bonds. The van der Waals surface area contributed by atoms with E-state index in [1.807, 2.05) is 0 Å². The van der Waals surface area contributed by atoms with E-state index in [0.29, 0.717) is 28.1 Å². The Bertz CT molecular complexity index is 1500. The van der Waals surface area contributed by atoms with E-state index >= 15 is 0 Å². The van der Waals surface area contributed by atoms with Crippen LogP contribution in [0, 0.1) is 5.82 Å². The number of ether oxygens (including phenoxy) is 2. The fourth-order valence-electron chi connectivity index (χ4n) is 3.67. The molecule has 0 fully saturated rings. The van der Waals surface area contributed by atoms with Gasteiger partial charge in [-0.3, -0.25) is 19.8 Å². The van der Waals surface area contributed by atoms with Crippen molar-refractivity contribution in [3.63, 3.8) is 0 Å². The molecule has 9 nitrogen and oxygen atoms in total. The Morgan fingerprint density at radius 3 is 2.50 bits per heavy atom. The molecule has 0 spiro atoms. The van der Waals surface area contributed by atoms with Gasteiger partial charge in [0.05, 0.1) is 5.52 Å². The first-order valence-electron chi connectivity index (χ1n) is 10.7. The van der Waals surface area contributed by atoms with E-state index in [1.54, 1.807) is 42.5 Å². The molecule has 0 unspecified atom stereocenters. The average Bonchev–Trinajstić information content (AvgIpc) is 3.48. The molecule has 0 bridgehead atoms. The molecule has 4 aromatic rings. The van der Waals surface area contributed by atoms with Crippen molar-refractivity contribution < 1.29 is 28.2 Å². The molecule has 1 aromatic heterocycles. The van der Waals surface area contributed by atoms with Gasteiger partial charge in [0, 0.05) is 22.1 Å². The SMILES string of the molecule is O=C(NCc1ccc2c(c1)OCO2)C(=O)Nn1c(C(=O)Nc2ccc(F)cc2)cc2cc(Br)ccc21. The highest BCUT2D eigenvalue weighted by Gasteiger charge is 2.21. The van der Waals surface area contributed by atoms with Gasteiger partial charge >= 0.3 is 11.8 Å². The first-order valence-corrected chi connectivity index (χ1v) is 11.5. The molecule has 2 heterocycles. The summed E-state index contributed by atoms with van der Waals surface area (Å²) in [6, 6.07) is 17.2. The Morgan fingerprint density at radius 1 is 0.917 bits per heavy atom. The highest BCUT2D eigenvalue weighted by Crippen LogP contribution is 2.32. The van der Waals surface area contributed by atoms with E-state index in [2.05, 4.69) is 32.0 Å². The number of nitrogens with one attached hydrogen (secondary N) is 3. The number of rotatable bonds is 5. The van der Waals surface area contributed by atoms with Crippen LogP contribution in [0.1, 0.15) is 16.1 Å². The average molecular weight is 553 g/mol. The highest BCUT2D eigenvalue weighted by molar-refractivity contribution is 9.10. The standard InChI is InChI=1S/C25H18BrFN4O5/c26-16-2-7-19-15(10-16)11-20(23(32)29-18-5-3-17(27)4-6-18)31(19)30-25(34)24(33)28-12-14-1-8-21-22(9-14)36-13-35-21/h1-11H,12-13H2,(H,28,33)(H,29,32)(H,30,34). The van der Waals surface area contributed by atoms with Crippen LogP contribution in [0.4, 0.5) is 10.1 Å². The monoisotopic (exact) mass is 552 g/mol. The van der Waals surface area contributed by atoms with Gasteiger partial charge in [0.25, 0.3) is 5.91 Å². The van der Waals surface area contributed by atoms with Crippen LogP contribution in [0.3, 0.4) is 0 Å². The number of aromatic nitrogens is 1. The zero-order valence-electron chi connectivity index (χ0n) is 18.5. The van der Waals surface area contributed by atoms with E-state index in [0.717, 1.165) is 10.0 Å². The number of benzene rings is 3. The number of halogens is 2. The first-order chi connectivity index (χ1) is 17.4. The number of hydrogen-bond acceptors (Lipinski definition) is 5. The van der Waals surface area contributed by atoms with E-state index in [1.165, 1.54) is 28.9 Å². The number of carbonyl (C=O) groups is 3. The second-order valence-corrected chi connectivity index (χ2v) is 8.76. The van der Waals surface area contributed by atoms with Gasteiger partial charge in [0.2, 0.25) is 6.79 Å². The summed E-state index contributed by atoms with van der Waals surface area (Å²) < 4.78 is 25.8. The second-order valence-electron chi connectivity index (χ2n) is 7.84. The Balaban J connectivity index is 1.34. The summed E-state index contributed by atoms with van der Waals surface area (Å²) >= 11 is 3.39. The molecule has 0 saturated heterocycles. The molecule has 1 aliphatic heterocycles. The lowest BCUT2D eigenvalue weighted by molar-refractivity contribution is -0.136. The van der Waals surface area contributed by atoms with Crippen molar-refractivity contribution in [2.45, 2.75) is 6.54 Å². The van der Waals surface area contributed by atoms with Gasteiger partial charge in [0.15, 0.2) is 11.5 Å². The van der Waals surface area contributed by atoms with Gasteiger partial charge in [-0.05, 0) is 66.2 Å². The number of nitrogens with zero attached hydrogens (tertiary/aromatic N) is 1. The molecular weight excluding hydrogens is 535 g/mol. The number of hydrogen-bond donors (Lipinski definition) is 3. The maximum absolute atomic E-state index is 13.2. The van der Waals surface area contributed by atoms with E-state index in [4.69, 9.17) is 9.47 Å². The molecule has 5 rings (SSSR count). The lowest BCUT2D eigenvalue weighted by atomic mass is 10.2. The summed E-state index contributed by atoms with van der Waals surface area (Å²) in [6.45, 7) is 0.214. The zero-order chi connectivity index (χ0) is 25.2. The fraction of sp³-hybridized carbons (Fsp3) is 0.0800. The predicted octanol–water partition coefficient (Wildman–Crippen LogP) is 3.91. The van der Waals surface area contributed by atoms with Crippen LogP contribution in [-0.4, -0.2) is 29.2 Å². The minimum Gasteiger partial charge on any atom is -0.454 e. The largest absolute Gasteiger partial charge is 0.454 e. The van der Waals surface area contributed by atoms with Crippen molar-refractivity contribution in [2.24, 2.45) is 0 Å². The van der Waals surface area contributed by atoms with Gasteiger partial charge in [-0.2, -0.15) is 0 Å². The van der Waals surface area contributed by atoms with E-state index in [9.17, 15) is 18.8 Å². The summed E-state index contributed by atoms with van der Waals surface area (Å²) in [7, 11) is 0. The fourth-order valence-corrected chi connectivity index (χ4v) is 4.05. The summed E-state index contributed by atoms with van der Waals surface area (Å²) in [5.41, 5.74) is 4.15. The number of anilines is 1. The van der Waals surface area contributed by atoms with Crippen molar-refractivity contribution in [1.82, 2.24) is 9.99 Å². The van der Waals surface area contributed by atoms with Gasteiger partial charge in [0.1, 0.15) is 11.5 Å². The van der Waals surface area contributed by atoms with Crippen molar-refractivity contribution >= 4 is 50.2 Å². The molecule has 3 aromatic carbocycles. The number of fused-ring (bicyclic) bond motifs is 2. The molecular formula is C25H18BrFN4O5. The molecule has 11 heteroatoms. The molecule has 3 N–H and O–H groups in total. The van der Waals surface area contributed by atoms with Crippen LogP contribution in [0.25, 0.3) is 10.9 Å². The van der Waals surface area contributed by atoms with Crippen LogP contribution < -0.4 is 25.5 Å². The molecule has 1 aliphatic rings. The molecule has 0 aliphatic carbocycles. The minimum absolute atomic E-state index is 0.0735. The lowest BCUT2D eigenvalue weighted by Gasteiger charge is -2.13. The second kappa shape index (κ2) is 9.70. The van der Waals surface area contributed by atoms with Gasteiger partial charge in [-0.1, -0.05) is 22.0 Å². The number of carbonyl (C=O) groups excluding carboxylic acids is 3. The Labute approximate surface area is 212 Å². The maximum atomic E-state index is 13.2. The summed E-state index contributed by atoms with van der Waals surface area (Å²) in [6.07, 6.45) is 0. The molecule has 36 heavy (non-hydrogen) atoms. The smallest absolute Gasteiger partial charge is 0.328 e. The minimum atomic E-state index is -0.966. The van der Waals surface area contributed by atoms with Gasteiger partial charge in [-0.15, -0.1) is 0 Å².